The summed E-state index contributed by atoms with van der Waals surface area (Å²) in [5, 5.41) is 35.4. The summed E-state index contributed by atoms with van der Waals surface area (Å²) in [6.45, 7) is -0.704. The predicted octanol–water partition coefficient (Wildman–Crippen LogP) is -3.48. The summed E-state index contributed by atoms with van der Waals surface area (Å²) in [5.74, 6) is 4.68. The standard InChI is InChI=1S/C6H13NO6/c7-13-6(4(11)2-9)5(12)3(10)1-8/h1,3-6,9-12H,2,7H2/t3-,4+,5+,6+/m0/s1. The Morgan fingerprint density at radius 2 is 1.92 bits per heavy atom. The number of hydrogen-bond acceptors (Lipinski definition) is 7. The van der Waals surface area contributed by atoms with Crippen LogP contribution < -0.4 is 5.90 Å². The van der Waals surface area contributed by atoms with Crippen LogP contribution in [0.5, 0.6) is 0 Å². The molecular weight excluding hydrogens is 182 g/mol. The highest BCUT2D eigenvalue weighted by Crippen LogP contribution is 2.06. The van der Waals surface area contributed by atoms with Gasteiger partial charge in [-0.1, -0.05) is 0 Å². The zero-order valence-electron chi connectivity index (χ0n) is 6.78. The monoisotopic (exact) mass is 195 g/mol. The number of hydrogen-bond donors (Lipinski definition) is 5. The van der Waals surface area contributed by atoms with E-state index in [1.807, 2.05) is 0 Å². The summed E-state index contributed by atoms with van der Waals surface area (Å²) in [7, 11) is 0. The molecule has 0 amide bonds. The number of aliphatic hydroxyl groups is 4. The maximum atomic E-state index is 10.0. The number of carbonyl (C=O) groups excluding carboxylic acids is 1. The lowest BCUT2D eigenvalue weighted by Gasteiger charge is -2.25. The van der Waals surface area contributed by atoms with Gasteiger partial charge < -0.3 is 25.2 Å². The fourth-order valence-electron chi connectivity index (χ4n) is 0.778. The molecular formula is C6H13NO6. The summed E-state index contributed by atoms with van der Waals surface area (Å²) in [5.41, 5.74) is 0. The number of aldehydes is 1. The maximum Gasteiger partial charge on any atom is 0.151 e. The van der Waals surface area contributed by atoms with Crippen molar-refractivity contribution in [3.05, 3.63) is 0 Å². The van der Waals surface area contributed by atoms with E-state index >= 15 is 0 Å². The Morgan fingerprint density at radius 3 is 2.23 bits per heavy atom. The zero-order valence-corrected chi connectivity index (χ0v) is 6.78. The number of rotatable bonds is 6. The third-order valence-corrected chi connectivity index (χ3v) is 1.55. The van der Waals surface area contributed by atoms with Crippen LogP contribution in [0.2, 0.25) is 0 Å². The first-order chi connectivity index (χ1) is 6.08. The summed E-state index contributed by atoms with van der Waals surface area (Å²) in [6.07, 6.45) is -6.19. The van der Waals surface area contributed by atoms with E-state index in [-0.39, 0.29) is 6.29 Å². The molecule has 0 bridgehead atoms. The first-order valence-electron chi connectivity index (χ1n) is 3.54. The van der Waals surface area contributed by atoms with Crippen molar-refractivity contribution >= 4 is 6.29 Å². The molecule has 78 valence electrons. The summed E-state index contributed by atoms with van der Waals surface area (Å²) < 4.78 is 0. The molecule has 0 aromatic heterocycles. The van der Waals surface area contributed by atoms with Gasteiger partial charge in [-0.25, -0.2) is 5.90 Å². The highest BCUT2D eigenvalue weighted by molar-refractivity contribution is 5.56. The second-order valence-corrected chi connectivity index (χ2v) is 2.47. The summed E-state index contributed by atoms with van der Waals surface area (Å²) in [6, 6.07) is 0. The maximum absolute atomic E-state index is 10.0. The van der Waals surface area contributed by atoms with E-state index in [2.05, 4.69) is 10.7 Å². The quantitative estimate of drug-likeness (QED) is 0.219. The second kappa shape index (κ2) is 5.97. The highest BCUT2D eigenvalue weighted by Gasteiger charge is 2.32. The van der Waals surface area contributed by atoms with Gasteiger partial charge in [0.15, 0.2) is 6.29 Å². The minimum absolute atomic E-state index is 0.0702. The molecule has 0 radical (unpaired) electrons. The molecule has 0 aliphatic heterocycles. The van der Waals surface area contributed by atoms with Gasteiger partial charge in [-0.15, -0.1) is 0 Å². The van der Waals surface area contributed by atoms with Gasteiger partial charge in [-0.05, 0) is 0 Å². The molecule has 7 nitrogen and oxygen atoms in total. The fraction of sp³-hybridized carbons (Fsp3) is 0.833. The zero-order chi connectivity index (χ0) is 10.4. The molecule has 0 unspecified atom stereocenters. The van der Waals surface area contributed by atoms with E-state index in [0.717, 1.165) is 0 Å². The molecule has 13 heavy (non-hydrogen) atoms. The highest BCUT2D eigenvalue weighted by atomic mass is 16.6. The van der Waals surface area contributed by atoms with E-state index in [1.165, 1.54) is 0 Å². The van der Waals surface area contributed by atoms with Crippen molar-refractivity contribution in [1.29, 1.82) is 0 Å². The minimum atomic E-state index is -1.71. The first kappa shape index (κ1) is 12.4. The molecule has 0 saturated carbocycles. The Morgan fingerprint density at radius 1 is 1.38 bits per heavy atom. The van der Waals surface area contributed by atoms with Crippen molar-refractivity contribution in [2.24, 2.45) is 5.90 Å². The molecule has 0 aliphatic rings. The third-order valence-electron chi connectivity index (χ3n) is 1.55. The van der Waals surface area contributed by atoms with Crippen molar-refractivity contribution in [2.45, 2.75) is 24.4 Å². The van der Waals surface area contributed by atoms with Crippen molar-refractivity contribution in [2.75, 3.05) is 6.61 Å². The topological polar surface area (TPSA) is 133 Å². The van der Waals surface area contributed by atoms with Crippen LogP contribution in [0.1, 0.15) is 0 Å². The molecule has 0 saturated heterocycles. The van der Waals surface area contributed by atoms with Gasteiger partial charge in [-0.2, -0.15) is 0 Å². The average Bonchev–Trinajstić information content (AvgIpc) is 2.17. The SMILES string of the molecule is NO[C@@H]([C@H](O)[C@@H](O)C=O)[C@H](O)CO. The van der Waals surface area contributed by atoms with Gasteiger partial charge in [0.2, 0.25) is 0 Å². The Kier molecular flexibility index (Phi) is 5.71. The van der Waals surface area contributed by atoms with E-state index in [0.29, 0.717) is 0 Å². The van der Waals surface area contributed by atoms with Crippen molar-refractivity contribution in [1.82, 2.24) is 0 Å². The van der Waals surface area contributed by atoms with Crippen LogP contribution >= 0.6 is 0 Å². The van der Waals surface area contributed by atoms with Crippen molar-refractivity contribution in [3.8, 4) is 0 Å². The van der Waals surface area contributed by atoms with Crippen molar-refractivity contribution in [3.63, 3.8) is 0 Å². The number of carbonyl (C=O) groups is 1. The summed E-state index contributed by atoms with van der Waals surface area (Å²) in [4.78, 5) is 14.1. The van der Waals surface area contributed by atoms with Crippen molar-refractivity contribution < 1.29 is 30.1 Å². The van der Waals surface area contributed by atoms with E-state index in [9.17, 15) is 4.79 Å². The molecule has 0 heterocycles. The molecule has 0 aromatic rings. The predicted molar refractivity (Wildman–Crippen MR) is 40.2 cm³/mol. The molecule has 4 atom stereocenters. The van der Waals surface area contributed by atoms with Gasteiger partial charge >= 0.3 is 0 Å². The molecule has 0 fully saturated rings. The normalized spacial score (nSPS) is 20.4. The van der Waals surface area contributed by atoms with Crippen LogP contribution in [-0.4, -0.2) is 57.7 Å². The van der Waals surface area contributed by atoms with Crippen LogP contribution in [0.4, 0.5) is 0 Å². The number of aliphatic hydroxyl groups excluding tert-OH is 4. The van der Waals surface area contributed by atoms with Gasteiger partial charge in [0.05, 0.1) is 6.61 Å². The lowest BCUT2D eigenvalue weighted by atomic mass is 10.0. The fourth-order valence-corrected chi connectivity index (χ4v) is 0.778. The Hall–Kier alpha value is -0.570. The molecule has 6 N–H and O–H groups in total. The lowest BCUT2D eigenvalue weighted by Crippen LogP contribution is -2.49. The van der Waals surface area contributed by atoms with Gasteiger partial charge in [0, 0.05) is 0 Å². The molecule has 0 spiro atoms. The largest absolute Gasteiger partial charge is 0.394 e. The van der Waals surface area contributed by atoms with Crippen LogP contribution in [0.3, 0.4) is 0 Å². The molecule has 0 rings (SSSR count). The van der Waals surface area contributed by atoms with Crippen LogP contribution in [0.15, 0.2) is 0 Å². The van der Waals surface area contributed by atoms with Crippen LogP contribution in [-0.2, 0) is 9.63 Å². The van der Waals surface area contributed by atoms with E-state index < -0.39 is 31.0 Å². The van der Waals surface area contributed by atoms with Crippen LogP contribution in [0.25, 0.3) is 0 Å². The van der Waals surface area contributed by atoms with Gasteiger partial charge in [0.25, 0.3) is 0 Å². The summed E-state index contributed by atoms with van der Waals surface area (Å²) >= 11 is 0. The Balaban J connectivity index is 4.29. The second-order valence-electron chi connectivity index (χ2n) is 2.47. The Labute approximate surface area is 74.3 Å². The van der Waals surface area contributed by atoms with E-state index in [4.69, 9.17) is 20.4 Å². The Bertz CT molecular complexity index is 154. The van der Waals surface area contributed by atoms with E-state index in [1.54, 1.807) is 0 Å². The number of nitrogens with two attached hydrogens (primary N) is 1. The van der Waals surface area contributed by atoms with Gasteiger partial charge in [0.1, 0.15) is 24.4 Å². The smallest absolute Gasteiger partial charge is 0.151 e. The average molecular weight is 195 g/mol. The molecule has 0 aromatic carbocycles. The third kappa shape index (κ3) is 3.35. The lowest BCUT2D eigenvalue weighted by molar-refractivity contribution is -0.151. The molecule has 0 aliphatic carbocycles. The molecule has 7 heteroatoms. The van der Waals surface area contributed by atoms with Crippen LogP contribution in [0, 0.1) is 0 Å². The first-order valence-corrected chi connectivity index (χ1v) is 3.54. The van der Waals surface area contributed by atoms with Gasteiger partial charge in [-0.3, -0.25) is 4.84 Å². The minimum Gasteiger partial charge on any atom is -0.394 e.